The fraction of sp³-hybridized carbons (Fsp3) is 0.440. The lowest BCUT2D eigenvalue weighted by molar-refractivity contribution is -0.175. The van der Waals surface area contributed by atoms with Crippen LogP contribution >= 0.6 is 0 Å². The number of primary amides is 1. The van der Waals surface area contributed by atoms with Crippen LogP contribution in [0.25, 0.3) is 0 Å². The zero-order valence-corrected chi connectivity index (χ0v) is 18.7. The highest BCUT2D eigenvalue weighted by Gasteiger charge is 2.48. The van der Waals surface area contributed by atoms with Gasteiger partial charge in [-0.1, -0.05) is 60.7 Å². The largest absolute Gasteiger partial charge is 0.368 e. The molecule has 2 amide bonds. The zero-order chi connectivity index (χ0) is 22.6. The number of ether oxygens (including phenoxy) is 1. The summed E-state index contributed by atoms with van der Waals surface area (Å²) in [6.45, 7) is 4.01. The van der Waals surface area contributed by atoms with Crippen molar-refractivity contribution in [1.29, 1.82) is 0 Å². The average molecular weight is 437 g/mol. The summed E-state index contributed by atoms with van der Waals surface area (Å²) in [6, 6.07) is 19.4. The molecule has 0 unspecified atom stereocenters. The maximum absolute atomic E-state index is 14.0. The molecule has 2 N–H and O–H groups in total. The first-order valence-electron chi connectivity index (χ1n) is 11.2. The number of likely N-dealkylation sites (N-methyl/N-ethyl adjacent to an activating group) is 1. The Morgan fingerprint density at radius 2 is 1.66 bits per heavy atom. The molecule has 4 rings (SSSR count). The second kappa shape index (κ2) is 9.81. The molecule has 2 fully saturated rings. The smallest absolute Gasteiger partial charge is 0.257 e. The fourth-order valence-corrected chi connectivity index (χ4v) is 4.77. The van der Waals surface area contributed by atoms with E-state index in [1.165, 1.54) is 5.56 Å². The molecule has 7 nitrogen and oxygen atoms in total. The molecule has 170 valence electrons. The van der Waals surface area contributed by atoms with Gasteiger partial charge in [-0.05, 0) is 18.2 Å². The molecule has 0 aliphatic carbocycles. The van der Waals surface area contributed by atoms with Gasteiger partial charge in [0.05, 0.1) is 6.61 Å². The van der Waals surface area contributed by atoms with Gasteiger partial charge in [0.2, 0.25) is 5.91 Å². The number of hydrogen-bond donors (Lipinski definition) is 1. The lowest BCUT2D eigenvalue weighted by Gasteiger charge is -2.47. The summed E-state index contributed by atoms with van der Waals surface area (Å²) in [5, 5.41) is 0. The fourth-order valence-electron chi connectivity index (χ4n) is 4.77. The van der Waals surface area contributed by atoms with E-state index in [-0.39, 0.29) is 5.91 Å². The van der Waals surface area contributed by atoms with E-state index in [9.17, 15) is 9.59 Å². The van der Waals surface area contributed by atoms with Crippen LogP contribution in [0, 0.1) is 0 Å². The zero-order valence-electron chi connectivity index (χ0n) is 18.7. The van der Waals surface area contributed by atoms with Crippen LogP contribution in [0.3, 0.4) is 0 Å². The Morgan fingerprint density at radius 3 is 2.28 bits per heavy atom. The Bertz CT molecular complexity index is 923. The topological polar surface area (TPSA) is 79.1 Å². The van der Waals surface area contributed by atoms with E-state index >= 15 is 0 Å². The van der Waals surface area contributed by atoms with Crippen molar-refractivity contribution in [2.75, 3.05) is 46.4 Å². The van der Waals surface area contributed by atoms with Crippen LogP contribution in [0.1, 0.15) is 11.1 Å². The van der Waals surface area contributed by atoms with Gasteiger partial charge in [0.1, 0.15) is 6.04 Å². The van der Waals surface area contributed by atoms with Gasteiger partial charge in [0.15, 0.2) is 5.60 Å². The van der Waals surface area contributed by atoms with Crippen molar-refractivity contribution >= 4 is 11.8 Å². The number of carbonyl (C=O) groups excluding carboxylic acids is 2. The third-order valence-corrected chi connectivity index (χ3v) is 6.40. The molecule has 2 aliphatic heterocycles. The third-order valence-electron chi connectivity index (χ3n) is 6.40. The molecular formula is C25H32N4O3. The summed E-state index contributed by atoms with van der Waals surface area (Å²) in [5.74, 6) is -0.619. The number of nitrogens with zero attached hydrogens (tertiary/aromatic N) is 3. The summed E-state index contributed by atoms with van der Waals surface area (Å²) >= 11 is 0. The first kappa shape index (κ1) is 22.5. The van der Waals surface area contributed by atoms with Crippen LogP contribution in [-0.4, -0.2) is 84.5 Å². The molecule has 2 heterocycles. The number of piperazine rings is 1. The van der Waals surface area contributed by atoms with Crippen LogP contribution < -0.4 is 5.73 Å². The van der Waals surface area contributed by atoms with E-state index < -0.39 is 17.6 Å². The molecule has 2 aromatic rings. The lowest BCUT2D eigenvalue weighted by Crippen LogP contribution is -2.67. The summed E-state index contributed by atoms with van der Waals surface area (Å²) in [7, 11) is 2.00. The van der Waals surface area contributed by atoms with Gasteiger partial charge in [-0.25, -0.2) is 0 Å². The van der Waals surface area contributed by atoms with E-state index in [4.69, 9.17) is 10.5 Å². The maximum atomic E-state index is 14.0. The highest BCUT2D eigenvalue weighted by Crippen LogP contribution is 2.28. The normalized spacial score (nSPS) is 24.9. The summed E-state index contributed by atoms with van der Waals surface area (Å²) < 4.78 is 6.21. The minimum Gasteiger partial charge on any atom is -0.368 e. The molecule has 0 aromatic heterocycles. The first-order chi connectivity index (χ1) is 15.5. The van der Waals surface area contributed by atoms with Crippen molar-refractivity contribution in [3.63, 3.8) is 0 Å². The second-order valence-electron chi connectivity index (χ2n) is 8.88. The number of benzene rings is 2. The standard InChI is InChI=1S/C25H32N4O3/c1-27-14-15-32-25(19-27,16-20-8-4-2-5-9-20)24(31)29-13-12-28(18-22(29)23(26)30)17-21-10-6-3-7-11-21/h2-11,22H,12-19H2,1H3,(H2,26,30)/t22-,25+/m1/s1. The van der Waals surface area contributed by atoms with E-state index in [0.717, 1.165) is 18.7 Å². The Balaban J connectivity index is 1.55. The molecule has 2 saturated heterocycles. The molecule has 0 bridgehead atoms. The van der Waals surface area contributed by atoms with Crippen molar-refractivity contribution in [1.82, 2.24) is 14.7 Å². The molecule has 32 heavy (non-hydrogen) atoms. The van der Waals surface area contributed by atoms with E-state index in [1.54, 1.807) is 4.90 Å². The summed E-state index contributed by atoms with van der Waals surface area (Å²) in [5.41, 5.74) is 6.98. The van der Waals surface area contributed by atoms with Crippen LogP contribution in [0.5, 0.6) is 0 Å². The number of amides is 2. The van der Waals surface area contributed by atoms with Gasteiger partial charge in [-0.3, -0.25) is 14.5 Å². The number of hydrogen-bond acceptors (Lipinski definition) is 5. The number of morpholine rings is 1. The van der Waals surface area contributed by atoms with Gasteiger partial charge in [0.25, 0.3) is 5.91 Å². The monoisotopic (exact) mass is 436 g/mol. The lowest BCUT2D eigenvalue weighted by atomic mass is 9.89. The van der Waals surface area contributed by atoms with Crippen LogP contribution in [-0.2, 0) is 27.3 Å². The highest BCUT2D eigenvalue weighted by atomic mass is 16.5. The van der Waals surface area contributed by atoms with Crippen molar-refractivity contribution in [3.05, 3.63) is 71.8 Å². The Morgan fingerprint density at radius 1 is 1.00 bits per heavy atom. The quantitative estimate of drug-likeness (QED) is 0.735. The van der Waals surface area contributed by atoms with E-state index in [1.807, 2.05) is 55.6 Å². The molecule has 7 heteroatoms. The van der Waals surface area contributed by atoms with Crippen LogP contribution in [0.4, 0.5) is 0 Å². The van der Waals surface area contributed by atoms with E-state index in [2.05, 4.69) is 21.9 Å². The number of rotatable bonds is 6. The Hall–Kier alpha value is -2.74. The van der Waals surface area contributed by atoms with Gasteiger partial charge >= 0.3 is 0 Å². The summed E-state index contributed by atoms with van der Waals surface area (Å²) in [6.07, 6.45) is 0.465. The van der Waals surface area contributed by atoms with Crippen molar-refractivity contribution in [3.8, 4) is 0 Å². The molecule has 2 aliphatic rings. The minimum absolute atomic E-state index is 0.143. The van der Waals surface area contributed by atoms with Gasteiger partial charge in [0, 0.05) is 45.7 Å². The first-order valence-corrected chi connectivity index (χ1v) is 11.2. The van der Waals surface area contributed by atoms with Crippen LogP contribution in [0.2, 0.25) is 0 Å². The molecular weight excluding hydrogens is 404 g/mol. The molecule has 2 atom stereocenters. The van der Waals surface area contributed by atoms with Crippen LogP contribution in [0.15, 0.2) is 60.7 Å². The summed E-state index contributed by atoms with van der Waals surface area (Å²) in [4.78, 5) is 32.3. The third kappa shape index (κ3) is 5.01. The van der Waals surface area contributed by atoms with Gasteiger partial charge in [-0.2, -0.15) is 0 Å². The Labute approximate surface area is 189 Å². The maximum Gasteiger partial charge on any atom is 0.257 e. The van der Waals surface area contributed by atoms with Crippen molar-refractivity contribution in [2.45, 2.75) is 24.6 Å². The van der Waals surface area contributed by atoms with Crippen molar-refractivity contribution in [2.24, 2.45) is 5.73 Å². The molecule has 0 radical (unpaired) electrons. The minimum atomic E-state index is -1.02. The highest BCUT2D eigenvalue weighted by molar-refractivity contribution is 5.92. The number of carbonyl (C=O) groups is 2. The molecule has 0 saturated carbocycles. The molecule has 2 aromatic carbocycles. The molecule has 0 spiro atoms. The SMILES string of the molecule is CN1CCO[C@](Cc2ccccc2)(C(=O)N2CCN(Cc3ccccc3)C[C@@H]2C(N)=O)C1. The van der Waals surface area contributed by atoms with E-state index in [0.29, 0.717) is 39.2 Å². The predicted octanol–water partition coefficient (Wildman–Crippen LogP) is 1.13. The van der Waals surface area contributed by atoms with Crippen molar-refractivity contribution < 1.29 is 14.3 Å². The number of nitrogens with two attached hydrogens (primary N) is 1. The predicted molar refractivity (Wildman–Crippen MR) is 123 cm³/mol. The second-order valence-corrected chi connectivity index (χ2v) is 8.88. The van der Waals surface area contributed by atoms with Gasteiger partial charge < -0.3 is 20.3 Å². The Kier molecular flexibility index (Phi) is 6.89. The average Bonchev–Trinajstić information content (AvgIpc) is 2.80. The van der Waals surface area contributed by atoms with Gasteiger partial charge in [-0.15, -0.1) is 0 Å².